The molecule has 4 rings (SSSR count). The molecule has 2 aromatic carbocycles. The summed E-state index contributed by atoms with van der Waals surface area (Å²) in [6.45, 7) is 6.45. The first-order valence-corrected chi connectivity index (χ1v) is 18.5. The Hall–Kier alpha value is -4.79. The number of rotatable bonds is 7. The molecule has 2 aliphatic heterocycles. The average molecular weight is 725 g/mol. The average Bonchev–Trinajstić information content (AvgIpc) is 3.10. The third-order valence-corrected chi connectivity index (χ3v) is 9.19. The number of nitrogens with zero attached hydrogens (tertiary/aromatic N) is 1. The van der Waals surface area contributed by atoms with Crippen molar-refractivity contribution in [2.45, 2.75) is 70.7 Å². The third-order valence-electron chi connectivity index (χ3n) is 8.54. The molecule has 2 aromatic rings. The smallest absolute Gasteiger partial charge is 0.258 e. The summed E-state index contributed by atoms with van der Waals surface area (Å²) in [7, 11) is 0. The van der Waals surface area contributed by atoms with E-state index in [1.165, 1.54) is 30.5 Å². The predicted molar refractivity (Wildman–Crippen MR) is 192 cm³/mol. The second-order valence-electron chi connectivity index (χ2n) is 13.0. The topological polar surface area (TPSA) is 184 Å². The first-order chi connectivity index (χ1) is 24.4. The van der Waals surface area contributed by atoms with Gasteiger partial charge < -0.3 is 41.0 Å². The van der Waals surface area contributed by atoms with Crippen molar-refractivity contribution in [3.63, 3.8) is 0 Å². The van der Waals surface area contributed by atoms with Crippen molar-refractivity contribution < 1.29 is 38.2 Å². The van der Waals surface area contributed by atoms with Gasteiger partial charge in [0.2, 0.25) is 29.5 Å². The highest BCUT2D eigenvalue weighted by atomic mass is 32.2. The Balaban J connectivity index is 1.72. The van der Waals surface area contributed by atoms with Crippen molar-refractivity contribution in [2.24, 2.45) is 5.92 Å². The summed E-state index contributed by atoms with van der Waals surface area (Å²) in [6, 6.07) is 9.39. The second kappa shape index (κ2) is 18.4. The van der Waals surface area contributed by atoms with Crippen LogP contribution in [0.4, 0.5) is 0 Å². The SMILES string of the molecule is CSCC[C@@H]1NC(=O)[C@H](C(C)C)NC(=O)[C@@H](C)NC(=O)CN(C(=O)c2cccc3c2OCCO3)C[C@@H](Cc2ccccc2)NC(=O)[C@H](C)NC1=O. The number of ether oxygens (including phenoxy) is 2. The fourth-order valence-corrected chi connectivity index (χ4v) is 6.24. The number of carbonyl (C=O) groups is 6. The largest absolute Gasteiger partial charge is 0.486 e. The van der Waals surface area contributed by atoms with Gasteiger partial charge in [0.25, 0.3) is 5.91 Å². The Bertz CT molecular complexity index is 1570. The minimum Gasteiger partial charge on any atom is -0.486 e. The molecule has 1 saturated heterocycles. The first-order valence-electron chi connectivity index (χ1n) is 17.1. The van der Waals surface area contributed by atoms with E-state index in [1.54, 1.807) is 32.0 Å². The third kappa shape index (κ3) is 10.8. The van der Waals surface area contributed by atoms with Crippen LogP contribution in [0.2, 0.25) is 0 Å². The van der Waals surface area contributed by atoms with Gasteiger partial charge in [-0.1, -0.05) is 50.2 Å². The number of hydrogen-bond donors (Lipinski definition) is 5. The maximum atomic E-state index is 14.3. The molecule has 0 spiro atoms. The standard InChI is InChI=1S/C36H48N6O8S/c1-21(2)30-35(47)40-27(14-17-51-5)34(46)38-23(4)32(44)39-25(18-24-10-7-6-8-11-24)19-42(20-29(43)37-22(3)33(45)41-30)36(48)26-12-9-13-28-31(26)50-16-15-49-28/h6-13,21-23,25,27,30H,14-20H2,1-5H3,(H,37,43)(H,38,46)(H,39,44)(H,40,47)(H,41,45)/t22-,23+,25-,27+,30+/m1/s1. The number of fused-ring (bicyclic) bond motifs is 1. The minimum absolute atomic E-state index is 0.111. The molecule has 14 nitrogen and oxygen atoms in total. The number of carbonyl (C=O) groups excluding carboxylic acids is 6. The van der Waals surface area contributed by atoms with Gasteiger partial charge in [0, 0.05) is 6.54 Å². The first kappa shape index (κ1) is 39.0. The molecule has 51 heavy (non-hydrogen) atoms. The van der Waals surface area contributed by atoms with Gasteiger partial charge in [-0.3, -0.25) is 28.8 Å². The number of amides is 6. The molecule has 0 aliphatic carbocycles. The minimum atomic E-state index is -1.08. The van der Waals surface area contributed by atoms with E-state index in [9.17, 15) is 28.8 Å². The molecule has 0 bridgehead atoms. The lowest BCUT2D eigenvalue weighted by molar-refractivity contribution is -0.135. The normalized spacial score (nSPS) is 23.9. The van der Waals surface area contributed by atoms with Crippen LogP contribution in [0.1, 0.15) is 50.0 Å². The lowest BCUT2D eigenvalue weighted by Gasteiger charge is -2.31. The maximum Gasteiger partial charge on any atom is 0.258 e. The van der Waals surface area contributed by atoms with Crippen molar-refractivity contribution in [1.29, 1.82) is 0 Å². The van der Waals surface area contributed by atoms with E-state index in [0.29, 0.717) is 18.1 Å². The molecular weight excluding hydrogens is 676 g/mol. The summed E-state index contributed by atoms with van der Waals surface area (Å²) < 4.78 is 11.5. The van der Waals surface area contributed by atoms with Gasteiger partial charge in [0.15, 0.2) is 11.5 Å². The summed E-state index contributed by atoms with van der Waals surface area (Å²) in [4.78, 5) is 83.1. The maximum absolute atomic E-state index is 14.3. The van der Waals surface area contributed by atoms with Crippen LogP contribution in [0.5, 0.6) is 11.5 Å². The molecule has 0 radical (unpaired) electrons. The molecular formula is C36H48N6O8S. The van der Waals surface area contributed by atoms with E-state index in [0.717, 1.165) is 5.56 Å². The van der Waals surface area contributed by atoms with Crippen LogP contribution in [0.15, 0.2) is 48.5 Å². The molecule has 0 unspecified atom stereocenters. The van der Waals surface area contributed by atoms with E-state index < -0.39 is 72.2 Å². The van der Waals surface area contributed by atoms with E-state index in [4.69, 9.17) is 9.47 Å². The van der Waals surface area contributed by atoms with Crippen molar-refractivity contribution in [3.05, 3.63) is 59.7 Å². The fraction of sp³-hybridized carbons (Fsp3) is 0.500. The molecule has 6 amide bonds. The second-order valence-corrected chi connectivity index (χ2v) is 14.0. The van der Waals surface area contributed by atoms with Gasteiger partial charge in [-0.25, -0.2) is 0 Å². The molecule has 15 heteroatoms. The lowest BCUT2D eigenvalue weighted by Crippen LogP contribution is -2.60. The van der Waals surface area contributed by atoms with Gasteiger partial charge in [-0.2, -0.15) is 11.8 Å². The van der Waals surface area contributed by atoms with Crippen molar-refractivity contribution in [2.75, 3.05) is 38.3 Å². The number of thioether (sulfide) groups is 1. The zero-order valence-corrected chi connectivity index (χ0v) is 30.5. The Morgan fingerprint density at radius 3 is 2.22 bits per heavy atom. The van der Waals surface area contributed by atoms with Crippen LogP contribution >= 0.6 is 11.8 Å². The molecule has 5 N–H and O–H groups in total. The monoisotopic (exact) mass is 724 g/mol. The van der Waals surface area contributed by atoms with Gasteiger partial charge in [0.1, 0.15) is 37.4 Å². The molecule has 1 fully saturated rings. The van der Waals surface area contributed by atoms with Crippen molar-refractivity contribution >= 4 is 47.2 Å². The highest BCUT2D eigenvalue weighted by molar-refractivity contribution is 7.98. The molecule has 276 valence electrons. The van der Waals surface area contributed by atoms with Crippen LogP contribution < -0.4 is 36.1 Å². The zero-order valence-electron chi connectivity index (χ0n) is 29.7. The molecule has 0 saturated carbocycles. The van der Waals surface area contributed by atoms with Crippen LogP contribution in [0.3, 0.4) is 0 Å². The number of para-hydroxylation sites is 1. The summed E-state index contributed by atoms with van der Waals surface area (Å²) >= 11 is 1.49. The zero-order chi connectivity index (χ0) is 37.1. The van der Waals surface area contributed by atoms with E-state index in [2.05, 4.69) is 26.6 Å². The Morgan fingerprint density at radius 1 is 0.824 bits per heavy atom. The highest BCUT2D eigenvalue weighted by Crippen LogP contribution is 2.34. The summed E-state index contributed by atoms with van der Waals surface area (Å²) in [5.41, 5.74) is 1.03. The summed E-state index contributed by atoms with van der Waals surface area (Å²) in [5, 5.41) is 13.8. The summed E-state index contributed by atoms with van der Waals surface area (Å²) in [5.74, 6) is -2.64. The van der Waals surface area contributed by atoms with Crippen molar-refractivity contribution in [3.8, 4) is 11.5 Å². The number of nitrogens with one attached hydrogen (secondary N) is 5. The van der Waals surface area contributed by atoms with E-state index in [1.807, 2.05) is 36.6 Å². The van der Waals surface area contributed by atoms with Gasteiger partial charge in [-0.05, 0) is 62.3 Å². The molecule has 5 atom stereocenters. The summed E-state index contributed by atoms with van der Waals surface area (Å²) in [6.07, 6.45) is 2.44. The van der Waals surface area contributed by atoms with Crippen LogP contribution in [0, 0.1) is 5.92 Å². The number of benzene rings is 2. The van der Waals surface area contributed by atoms with E-state index in [-0.39, 0.29) is 43.2 Å². The Morgan fingerprint density at radius 2 is 1.51 bits per heavy atom. The molecule has 2 heterocycles. The Labute approximate surface area is 302 Å². The van der Waals surface area contributed by atoms with Gasteiger partial charge >= 0.3 is 0 Å². The lowest BCUT2D eigenvalue weighted by atomic mass is 10.0. The molecule has 2 aliphatic rings. The fourth-order valence-electron chi connectivity index (χ4n) is 5.77. The quantitative estimate of drug-likeness (QED) is 0.279. The van der Waals surface area contributed by atoms with Crippen LogP contribution in [-0.4, -0.2) is 109 Å². The van der Waals surface area contributed by atoms with Gasteiger partial charge in [-0.15, -0.1) is 0 Å². The van der Waals surface area contributed by atoms with E-state index >= 15 is 0 Å². The van der Waals surface area contributed by atoms with Gasteiger partial charge in [0.05, 0.1) is 18.2 Å². The van der Waals surface area contributed by atoms with Crippen LogP contribution in [0.25, 0.3) is 0 Å². The highest BCUT2D eigenvalue weighted by Gasteiger charge is 2.33. The van der Waals surface area contributed by atoms with Crippen LogP contribution in [-0.2, 0) is 30.4 Å². The Kier molecular flexibility index (Phi) is 14.1. The number of hydrogen-bond acceptors (Lipinski definition) is 9. The van der Waals surface area contributed by atoms with Crippen molar-refractivity contribution in [1.82, 2.24) is 31.5 Å². The predicted octanol–water partition coefficient (Wildman–Crippen LogP) is 1.03. The molecule has 0 aromatic heterocycles.